The Morgan fingerprint density at radius 2 is 2.08 bits per heavy atom. The fraction of sp³-hybridized carbons (Fsp3) is 0.438. The summed E-state index contributed by atoms with van der Waals surface area (Å²) in [5.74, 6) is -3.42. The smallest absolute Gasteiger partial charge is 0.354 e. The first-order chi connectivity index (χ1) is 11.3. The van der Waals surface area contributed by atoms with Gasteiger partial charge < -0.3 is 24.4 Å². The molecule has 1 fully saturated rings. The van der Waals surface area contributed by atoms with Gasteiger partial charge in [-0.05, 0) is 12.1 Å². The lowest BCUT2D eigenvalue weighted by Gasteiger charge is -2.39. The van der Waals surface area contributed by atoms with Crippen molar-refractivity contribution in [3.63, 3.8) is 0 Å². The van der Waals surface area contributed by atoms with E-state index in [4.69, 9.17) is 14.2 Å². The van der Waals surface area contributed by atoms with Gasteiger partial charge in [-0.1, -0.05) is 13.0 Å². The molecular formula is C16H16O8. The van der Waals surface area contributed by atoms with Crippen LogP contribution in [0.25, 0.3) is 0 Å². The number of Topliss-reactive ketones (excluding diaryl/α,β-unsaturated/α-hetero) is 1. The van der Waals surface area contributed by atoms with E-state index in [-0.39, 0.29) is 17.1 Å². The summed E-state index contributed by atoms with van der Waals surface area (Å²) in [7, 11) is 1.12. The van der Waals surface area contributed by atoms with E-state index < -0.39 is 47.9 Å². The molecule has 8 nitrogen and oxygen atoms in total. The molecule has 2 N–H and O–H groups in total. The van der Waals surface area contributed by atoms with Crippen molar-refractivity contribution >= 4 is 17.7 Å². The number of benzene rings is 1. The highest BCUT2D eigenvalue weighted by molar-refractivity contribution is 6.06. The van der Waals surface area contributed by atoms with Crippen LogP contribution in [-0.2, 0) is 19.1 Å². The number of aliphatic hydroxyl groups is 1. The molecule has 0 bridgehead atoms. The minimum Gasteiger partial charge on any atom is -0.507 e. The van der Waals surface area contributed by atoms with Crippen molar-refractivity contribution in [3.05, 3.63) is 23.8 Å². The molecular weight excluding hydrogens is 320 g/mol. The molecule has 0 radical (unpaired) electrons. The summed E-state index contributed by atoms with van der Waals surface area (Å²) in [5.41, 5.74) is -1.96. The third-order valence-corrected chi connectivity index (χ3v) is 4.45. The summed E-state index contributed by atoms with van der Waals surface area (Å²) in [4.78, 5) is 36.6. The molecule has 3 rings (SSSR count). The van der Waals surface area contributed by atoms with Crippen LogP contribution in [0, 0.1) is 5.92 Å². The lowest BCUT2D eigenvalue weighted by atomic mass is 9.80. The van der Waals surface area contributed by atoms with E-state index in [9.17, 15) is 24.6 Å². The van der Waals surface area contributed by atoms with Gasteiger partial charge in [0.05, 0.1) is 13.5 Å². The van der Waals surface area contributed by atoms with Crippen LogP contribution in [0.5, 0.6) is 11.5 Å². The van der Waals surface area contributed by atoms with Gasteiger partial charge in [-0.3, -0.25) is 4.79 Å². The molecule has 8 heteroatoms. The van der Waals surface area contributed by atoms with Gasteiger partial charge in [-0.2, -0.15) is 0 Å². The average molecular weight is 336 g/mol. The van der Waals surface area contributed by atoms with Crippen LogP contribution in [0.3, 0.4) is 0 Å². The van der Waals surface area contributed by atoms with Gasteiger partial charge in [-0.15, -0.1) is 0 Å². The maximum absolute atomic E-state index is 12.5. The molecule has 2 heterocycles. The highest BCUT2D eigenvalue weighted by atomic mass is 16.6. The summed E-state index contributed by atoms with van der Waals surface area (Å²) in [6, 6.07) is 4.20. The quantitative estimate of drug-likeness (QED) is 0.735. The van der Waals surface area contributed by atoms with Crippen molar-refractivity contribution in [1.82, 2.24) is 0 Å². The second kappa shape index (κ2) is 5.48. The minimum atomic E-state index is -1.92. The van der Waals surface area contributed by atoms with Crippen molar-refractivity contribution in [2.75, 3.05) is 7.11 Å². The summed E-state index contributed by atoms with van der Waals surface area (Å²) >= 11 is 0. The lowest BCUT2D eigenvalue weighted by molar-refractivity contribution is -0.177. The van der Waals surface area contributed by atoms with Crippen molar-refractivity contribution in [2.24, 2.45) is 5.92 Å². The zero-order chi connectivity index (χ0) is 17.6. The molecule has 1 aromatic carbocycles. The summed E-state index contributed by atoms with van der Waals surface area (Å²) in [6.45, 7) is 1.51. The number of fused-ring (bicyclic) bond motifs is 1. The first-order valence-corrected chi connectivity index (χ1v) is 7.33. The molecule has 4 atom stereocenters. The Bertz CT molecular complexity index is 727. The fourth-order valence-corrected chi connectivity index (χ4v) is 3.21. The summed E-state index contributed by atoms with van der Waals surface area (Å²) in [5, 5.41) is 19.7. The number of carbonyl (C=O) groups excluding carboxylic acids is 3. The van der Waals surface area contributed by atoms with Crippen LogP contribution in [0.1, 0.15) is 23.7 Å². The largest absolute Gasteiger partial charge is 0.507 e. The first-order valence-electron chi connectivity index (χ1n) is 7.33. The van der Waals surface area contributed by atoms with E-state index in [2.05, 4.69) is 0 Å². The Balaban J connectivity index is 2.11. The van der Waals surface area contributed by atoms with Crippen molar-refractivity contribution in [1.29, 1.82) is 0 Å². The molecule has 0 aromatic heterocycles. The Hall–Kier alpha value is -2.61. The molecule has 0 amide bonds. The Morgan fingerprint density at radius 3 is 2.67 bits per heavy atom. The number of cyclic esters (lactones) is 1. The van der Waals surface area contributed by atoms with E-state index >= 15 is 0 Å². The van der Waals surface area contributed by atoms with Gasteiger partial charge in [0.1, 0.15) is 17.1 Å². The van der Waals surface area contributed by atoms with Crippen LogP contribution >= 0.6 is 0 Å². The lowest BCUT2D eigenvalue weighted by Crippen LogP contribution is -2.59. The van der Waals surface area contributed by atoms with Crippen molar-refractivity contribution in [2.45, 2.75) is 31.2 Å². The number of ether oxygens (including phenoxy) is 3. The van der Waals surface area contributed by atoms with Crippen molar-refractivity contribution < 1.29 is 38.8 Å². The number of hydrogen-bond acceptors (Lipinski definition) is 8. The monoisotopic (exact) mass is 336 g/mol. The van der Waals surface area contributed by atoms with Crippen LogP contribution in [0.15, 0.2) is 18.2 Å². The van der Waals surface area contributed by atoms with Gasteiger partial charge in [0.2, 0.25) is 5.60 Å². The Morgan fingerprint density at radius 1 is 1.38 bits per heavy atom. The number of ketones is 1. The molecule has 128 valence electrons. The molecule has 2 aliphatic heterocycles. The van der Waals surface area contributed by atoms with Gasteiger partial charge in [-0.25, -0.2) is 9.59 Å². The number of aliphatic hydroxyl groups excluding tert-OH is 1. The number of hydrogen-bond donors (Lipinski definition) is 2. The Kier molecular flexibility index (Phi) is 3.71. The van der Waals surface area contributed by atoms with E-state index in [1.807, 2.05) is 0 Å². The van der Waals surface area contributed by atoms with Gasteiger partial charge in [0.15, 0.2) is 18.0 Å². The van der Waals surface area contributed by atoms with Crippen LogP contribution in [0.4, 0.5) is 0 Å². The van der Waals surface area contributed by atoms with Crippen LogP contribution in [-0.4, -0.2) is 52.9 Å². The van der Waals surface area contributed by atoms with E-state index in [0.29, 0.717) is 0 Å². The predicted octanol–water partition coefficient (Wildman–Crippen LogP) is 0.192. The average Bonchev–Trinajstić information content (AvgIpc) is 2.81. The molecule has 0 aliphatic carbocycles. The number of methoxy groups -OCH3 is 1. The fourth-order valence-electron chi connectivity index (χ4n) is 3.21. The Labute approximate surface area is 136 Å². The predicted molar refractivity (Wildman–Crippen MR) is 77.5 cm³/mol. The molecule has 1 saturated heterocycles. The number of phenols is 1. The second-order valence-corrected chi connectivity index (χ2v) is 5.89. The number of phenolic OH excluding ortho intramolecular Hbond substituents is 1. The molecule has 0 spiro atoms. The third kappa shape index (κ3) is 2.14. The first kappa shape index (κ1) is 16.3. The van der Waals surface area contributed by atoms with Gasteiger partial charge >= 0.3 is 11.9 Å². The van der Waals surface area contributed by atoms with Crippen LogP contribution < -0.4 is 4.74 Å². The second-order valence-electron chi connectivity index (χ2n) is 5.89. The minimum absolute atomic E-state index is 0.0127. The number of carbonyl (C=O) groups is 3. The number of esters is 2. The molecule has 2 aliphatic rings. The van der Waals surface area contributed by atoms with Gasteiger partial charge in [0.25, 0.3) is 0 Å². The van der Waals surface area contributed by atoms with E-state index in [1.165, 1.54) is 25.1 Å². The van der Waals surface area contributed by atoms with E-state index in [0.717, 1.165) is 7.11 Å². The topological polar surface area (TPSA) is 119 Å². The SMILES string of the molecule is COC(=O)[C@@]1([C@H]2OC(=O)[C@H](O)[C@@H]2C)CC(=O)c2c(O)cccc2O1. The van der Waals surface area contributed by atoms with Gasteiger partial charge in [0, 0.05) is 5.92 Å². The summed E-state index contributed by atoms with van der Waals surface area (Å²) in [6.07, 6.45) is -3.12. The maximum atomic E-state index is 12.5. The standard InChI is InChI=1S/C16H16O8/c1-7-12(19)14(20)23-13(7)16(15(21)22-2)6-9(18)11-8(17)4-3-5-10(11)24-16/h3-5,7,12-13,17,19H,6H2,1-2H3/t7-,12+,13-,16-/m0/s1. The number of aromatic hydroxyl groups is 1. The normalized spacial score (nSPS) is 31.9. The maximum Gasteiger partial charge on any atom is 0.354 e. The van der Waals surface area contributed by atoms with E-state index in [1.54, 1.807) is 0 Å². The molecule has 0 unspecified atom stereocenters. The highest BCUT2D eigenvalue weighted by Crippen LogP contribution is 2.44. The molecule has 24 heavy (non-hydrogen) atoms. The summed E-state index contributed by atoms with van der Waals surface area (Å²) < 4.78 is 15.6. The zero-order valence-corrected chi connectivity index (χ0v) is 13.0. The molecule has 1 aromatic rings. The zero-order valence-electron chi connectivity index (χ0n) is 13.0. The molecule has 0 saturated carbocycles. The highest BCUT2D eigenvalue weighted by Gasteiger charge is 2.62. The number of rotatable bonds is 2. The third-order valence-electron chi connectivity index (χ3n) is 4.45. The van der Waals surface area contributed by atoms with Crippen molar-refractivity contribution in [3.8, 4) is 11.5 Å². The van der Waals surface area contributed by atoms with Crippen LogP contribution in [0.2, 0.25) is 0 Å².